The Hall–Kier alpha value is -2.48. The standard InChI is InChI=1S/C28H37FN2O4/c1-33-15-12-31-11-8-22(20-31)19-30-27(32)28(9-13-35-14-10-28)18-21-4-3-5-23(16-21)25-17-24(29)6-7-26(25)34-2/h3-7,16-17,22H,8-15,18-20H2,1-2H3,(H,30,32)/t22-/m1/s1. The molecule has 2 aliphatic heterocycles. The number of halogens is 1. The first kappa shape index (κ1) is 25.6. The zero-order chi connectivity index (χ0) is 24.7. The van der Waals surface area contributed by atoms with Crippen LogP contribution in [-0.4, -0.2) is 71.0 Å². The smallest absolute Gasteiger partial charge is 0.226 e. The molecule has 0 radical (unpaired) electrons. The van der Waals surface area contributed by atoms with Gasteiger partial charge in [0.15, 0.2) is 0 Å². The second kappa shape index (κ2) is 12.0. The molecule has 2 saturated heterocycles. The van der Waals surface area contributed by atoms with Crippen LogP contribution in [0.15, 0.2) is 42.5 Å². The Morgan fingerprint density at radius 3 is 2.80 bits per heavy atom. The molecule has 2 aliphatic rings. The Kier molecular flexibility index (Phi) is 8.76. The summed E-state index contributed by atoms with van der Waals surface area (Å²) in [4.78, 5) is 16.0. The van der Waals surface area contributed by atoms with Crippen LogP contribution < -0.4 is 10.1 Å². The van der Waals surface area contributed by atoms with Gasteiger partial charge in [-0.1, -0.05) is 24.3 Å². The molecule has 190 valence electrons. The normalized spacial score (nSPS) is 20.0. The van der Waals surface area contributed by atoms with E-state index >= 15 is 0 Å². The van der Waals surface area contributed by atoms with Crippen molar-refractivity contribution in [3.63, 3.8) is 0 Å². The first-order valence-corrected chi connectivity index (χ1v) is 12.5. The lowest BCUT2D eigenvalue weighted by Gasteiger charge is -2.36. The highest BCUT2D eigenvalue weighted by Gasteiger charge is 2.40. The summed E-state index contributed by atoms with van der Waals surface area (Å²) in [7, 11) is 3.31. The SMILES string of the molecule is COCCN1CC[C@H](CNC(=O)C2(Cc3cccc(-c4cc(F)ccc4OC)c3)CCOCC2)C1. The number of carbonyl (C=O) groups is 1. The molecule has 2 fully saturated rings. The van der Waals surface area contributed by atoms with Gasteiger partial charge in [-0.05, 0) is 67.5 Å². The number of amides is 1. The Morgan fingerprint density at radius 2 is 2.03 bits per heavy atom. The van der Waals surface area contributed by atoms with Gasteiger partial charge in [0.25, 0.3) is 0 Å². The van der Waals surface area contributed by atoms with Crippen molar-refractivity contribution in [2.75, 3.05) is 60.2 Å². The molecule has 2 aromatic carbocycles. The van der Waals surface area contributed by atoms with E-state index in [1.807, 2.05) is 24.3 Å². The summed E-state index contributed by atoms with van der Waals surface area (Å²) in [5.74, 6) is 0.902. The molecule has 0 saturated carbocycles. The second-order valence-electron chi connectivity index (χ2n) is 9.77. The summed E-state index contributed by atoms with van der Waals surface area (Å²) < 4.78 is 30.2. The Labute approximate surface area is 207 Å². The Balaban J connectivity index is 1.46. The van der Waals surface area contributed by atoms with Gasteiger partial charge >= 0.3 is 0 Å². The van der Waals surface area contributed by atoms with Crippen LogP contribution >= 0.6 is 0 Å². The number of likely N-dealkylation sites (tertiary alicyclic amines) is 1. The van der Waals surface area contributed by atoms with E-state index in [0.717, 1.165) is 43.8 Å². The Morgan fingerprint density at radius 1 is 1.20 bits per heavy atom. The molecule has 1 N–H and O–H groups in total. The van der Waals surface area contributed by atoms with Crippen LogP contribution in [0, 0.1) is 17.2 Å². The summed E-state index contributed by atoms with van der Waals surface area (Å²) in [6, 6.07) is 12.5. The van der Waals surface area contributed by atoms with E-state index in [0.29, 0.717) is 56.3 Å². The number of nitrogens with one attached hydrogen (secondary N) is 1. The number of hydrogen-bond donors (Lipinski definition) is 1. The average molecular weight is 485 g/mol. The van der Waals surface area contributed by atoms with E-state index < -0.39 is 5.41 Å². The van der Waals surface area contributed by atoms with E-state index in [1.54, 1.807) is 20.3 Å². The van der Waals surface area contributed by atoms with Crippen molar-refractivity contribution in [3.8, 4) is 16.9 Å². The summed E-state index contributed by atoms with van der Waals surface area (Å²) >= 11 is 0. The van der Waals surface area contributed by atoms with Crippen molar-refractivity contribution in [2.45, 2.75) is 25.7 Å². The van der Waals surface area contributed by atoms with Crippen molar-refractivity contribution in [3.05, 3.63) is 53.8 Å². The van der Waals surface area contributed by atoms with Gasteiger partial charge in [-0.15, -0.1) is 0 Å². The average Bonchev–Trinajstić information content (AvgIpc) is 3.34. The minimum absolute atomic E-state index is 0.116. The number of carbonyl (C=O) groups excluding carboxylic acids is 1. The maximum absolute atomic E-state index is 14.0. The first-order chi connectivity index (χ1) is 17.0. The molecule has 0 aromatic heterocycles. The van der Waals surface area contributed by atoms with E-state index in [-0.39, 0.29) is 11.7 Å². The largest absolute Gasteiger partial charge is 0.496 e. The minimum atomic E-state index is -0.503. The van der Waals surface area contributed by atoms with Gasteiger partial charge in [-0.2, -0.15) is 0 Å². The van der Waals surface area contributed by atoms with E-state index in [2.05, 4.69) is 10.2 Å². The highest BCUT2D eigenvalue weighted by molar-refractivity contribution is 5.83. The van der Waals surface area contributed by atoms with Gasteiger partial charge in [0.05, 0.1) is 19.1 Å². The number of hydrogen-bond acceptors (Lipinski definition) is 5. The molecule has 0 spiro atoms. The lowest BCUT2D eigenvalue weighted by molar-refractivity contribution is -0.136. The maximum atomic E-state index is 14.0. The fourth-order valence-corrected chi connectivity index (χ4v) is 5.32. The van der Waals surface area contributed by atoms with Gasteiger partial charge in [0, 0.05) is 45.5 Å². The zero-order valence-electron chi connectivity index (χ0n) is 20.9. The predicted octanol–water partition coefficient (Wildman–Crippen LogP) is 3.93. The summed E-state index contributed by atoms with van der Waals surface area (Å²) in [5.41, 5.74) is 2.14. The lowest BCUT2D eigenvalue weighted by Crippen LogP contribution is -2.47. The van der Waals surface area contributed by atoms with E-state index in [4.69, 9.17) is 14.2 Å². The van der Waals surface area contributed by atoms with Gasteiger partial charge in [-0.3, -0.25) is 4.79 Å². The van der Waals surface area contributed by atoms with Gasteiger partial charge in [0.2, 0.25) is 5.91 Å². The van der Waals surface area contributed by atoms with E-state index in [9.17, 15) is 9.18 Å². The third-order valence-electron chi connectivity index (χ3n) is 7.41. The van der Waals surface area contributed by atoms with Crippen molar-refractivity contribution >= 4 is 5.91 Å². The quantitative estimate of drug-likeness (QED) is 0.554. The molecule has 2 heterocycles. The fourth-order valence-electron chi connectivity index (χ4n) is 5.32. The predicted molar refractivity (Wildman–Crippen MR) is 134 cm³/mol. The summed E-state index contributed by atoms with van der Waals surface area (Å²) in [5, 5.41) is 3.28. The van der Waals surface area contributed by atoms with E-state index in [1.165, 1.54) is 12.1 Å². The number of benzene rings is 2. The molecule has 4 rings (SSSR count). The summed E-state index contributed by atoms with van der Waals surface area (Å²) in [6.07, 6.45) is 3.10. The van der Waals surface area contributed by atoms with Crippen molar-refractivity contribution in [2.24, 2.45) is 11.3 Å². The first-order valence-electron chi connectivity index (χ1n) is 12.5. The van der Waals surface area contributed by atoms with Crippen LogP contribution in [0.2, 0.25) is 0 Å². The third kappa shape index (κ3) is 6.40. The molecule has 35 heavy (non-hydrogen) atoms. The number of nitrogens with zero attached hydrogens (tertiary/aromatic N) is 1. The van der Waals surface area contributed by atoms with Gasteiger partial charge in [0.1, 0.15) is 11.6 Å². The zero-order valence-corrected chi connectivity index (χ0v) is 20.9. The van der Waals surface area contributed by atoms with Crippen LogP contribution in [0.4, 0.5) is 4.39 Å². The second-order valence-corrected chi connectivity index (χ2v) is 9.77. The molecular formula is C28H37FN2O4. The van der Waals surface area contributed by atoms with Gasteiger partial charge < -0.3 is 24.4 Å². The van der Waals surface area contributed by atoms with Crippen molar-refractivity contribution < 1.29 is 23.4 Å². The molecule has 0 aliphatic carbocycles. The monoisotopic (exact) mass is 484 g/mol. The lowest BCUT2D eigenvalue weighted by atomic mass is 9.74. The Bertz CT molecular complexity index is 993. The van der Waals surface area contributed by atoms with Crippen molar-refractivity contribution in [1.82, 2.24) is 10.2 Å². The highest BCUT2D eigenvalue weighted by atomic mass is 19.1. The molecule has 0 unspecified atom stereocenters. The van der Waals surface area contributed by atoms with Crippen LogP contribution in [0.25, 0.3) is 11.1 Å². The molecular weight excluding hydrogens is 447 g/mol. The molecule has 7 heteroatoms. The third-order valence-corrected chi connectivity index (χ3v) is 7.41. The van der Waals surface area contributed by atoms with Crippen LogP contribution in [0.3, 0.4) is 0 Å². The highest BCUT2D eigenvalue weighted by Crippen LogP contribution is 2.37. The molecule has 2 aromatic rings. The molecule has 1 amide bonds. The minimum Gasteiger partial charge on any atom is -0.496 e. The fraction of sp³-hybridized carbons (Fsp3) is 0.536. The molecule has 1 atom stereocenters. The maximum Gasteiger partial charge on any atom is 0.226 e. The number of methoxy groups -OCH3 is 2. The van der Waals surface area contributed by atoms with Crippen molar-refractivity contribution in [1.29, 1.82) is 0 Å². The number of rotatable bonds is 10. The molecule has 0 bridgehead atoms. The summed E-state index contributed by atoms with van der Waals surface area (Å²) in [6.45, 7) is 5.59. The topological polar surface area (TPSA) is 60.0 Å². The van der Waals surface area contributed by atoms with Crippen LogP contribution in [-0.2, 0) is 20.7 Å². The number of ether oxygens (including phenoxy) is 3. The van der Waals surface area contributed by atoms with Gasteiger partial charge in [-0.25, -0.2) is 4.39 Å². The molecule has 6 nitrogen and oxygen atoms in total. The van der Waals surface area contributed by atoms with Crippen LogP contribution in [0.1, 0.15) is 24.8 Å². The van der Waals surface area contributed by atoms with Crippen LogP contribution in [0.5, 0.6) is 5.75 Å².